The highest BCUT2D eigenvalue weighted by Crippen LogP contribution is 2.41. The summed E-state index contributed by atoms with van der Waals surface area (Å²) >= 11 is 4.37. The van der Waals surface area contributed by atoms with E-state index in [4.69, 9.17) is 0 Å². The van der Waals surface area contributed by atoms with E-state index in [1.54, 1.807) is 0 Å². The normalized spacial score (nSPS) is 36.8. The summed E-state index contributed by atoms with van der Waals surface area (Å²) in [6, 6.07) is 0.745. The Morgan fingerprint density at radius 2 is 2.14 bits per heavy atom. The molecule has 0 amide bonds. The Morgan fingerprint density at radius 1 is 1.36 bits per heavy atom. The number of fused-ring (bicyclic) bond motifs is 1. The van der Waals surface area contributed by atoms with Crippen LogP contribution in [0.25, 0.3) is 0 Å². The van der Waals surface area contributed by atoms with Crippen LogP contribution in [0.1, 0.15) is 19.8 Å². The summed E-state index contributed by atoms with van der Waals surface area (Å²) in [5.41, 5.74) is 1.25. The highest BCUT2D eigenvalue weighted by Gasteiger charge is 2.38. The number of hydrogen-bond acceptors (Lipinski definition) is 3. The number of thioether (sulfide) groups is 2. The second-order valence-corrected chi connectivity index (χ2v) is 6.90. The Bertz CT molecular complexity index is 217. The van der Waals surface area contributed by atoms with Gasteiger partial charge in [-0.3, -0.25) is 0 Å². The van der Waals surface area contributed by atoms with Crippen LogP contribution in [0.2, 0.25) is 0 Å². The minimum atomic E-state index is 0.745. The molecule has 1 heterocycles. The van der Waals surface area contributed by atoms with Crippen molar-refractivity contribution in [2.45, 2.75) is 36.3 Å². The maximum atomic E-state index is 3.95. The quantitative estimate of drug-likeness (QED) is 0.747. The lowest BCUT2D eigenvalue weighted by Gasteiger charge is -2.28. The van der Waals surface area contributed by atoms with Crippen molar-refractivity contribution in [1.29, 1.82) is 0 Å². The highest BCUT2D eigenvalue weighted by atomic mass is 32.2. The standard InChI is InChI=1S/C11H19NS2/c1-8(2)7-12-9-3-4-10-11(9)14-6-5-13-10/h9-12H,1,3-7H2,2H3. The van der Waals surface area contributed by atoms with Gasteiger partial charge >= 0.3 is 0 Å². The molecule has 0 aromatic rings. The average Bonchev–Trinajstić information content (AvgIpc) is 2.58. The molecular formula is C11H19NS2. The van der Waals surface area contributed by atoms with Crippen LogP contribution >= 0.6 is 23.5 Å². The fourth-order valence-electron chi connectivity index (χ4n) is 2.24. The van der Waals surface area contributed by atoms with E-state index in [9.17, 15) is 0 Å². The lowest BCUT2D eigenvalue weighted by atomic mass is 10.2. The van der Waals surface area contributed by atoms with Gasteiger partial charge in [-0.15, -0.1) is 0 Å². The molecule has 0 radical (unpaired) electrons. The number of hydrogen-bond donors (Lipinski definition) is 1. The van der Waals surface area contributed by atoms with Gasteiger partial charge in [0.15, 0.2) is 0 Å². The summed E-state index contributed by atoms with van der Waals surface area (Å²) in [6.45, 7) is 7.04. The van der Waals surface area contributed by atoms with Crippen molar-refractivity contribution in [3.05, 3.63) is 12.2 Å². The summed E-state index contributed by atoms with van der Waals surface area (Å²) in [5, 5.41) is 5.44. The second kappa shape index (κ2) is 4.95. The van der Waals surface area contributed by atoms with Crippen LogP contribution in [-0.4, -0.2) is 34.6 Å². The van der Waals surface area contributed by atoms with E-state index in [0.717, 1.165) is 23.1 Å². The molecular weight excluding hydrogens is 210 g/mol. The zero-order chi connectivity index (χ0) is 9.97. The molecule has 1 N–H and O–H groups in total. The molecule has 1 nitrogen and oxygen atoms in total. The molecule has 2 rings (SSSR count). The molecule has 1 aliphatic carbocycles. The van der Waals surface area contributed by atoms with Crippen molar-refractivity contribution in [2.24, 2.45) is 0 Å². The Morgan fingerprint density at radius 3 is 2.93 bits per heavy atom. The fourth-order valence-corrected chi connectivity index (χ4v) is 5.55. The number of rotatable bonds is 3. The minimum Gasteiger partial charge on any atom is -0.309 e. The Hall–Kier alpha value is 0.400. The maximum absolute atomic E-state index is 3.95. The molecule has 0 aromatic carbocycles. The summed E-state index contributed by atoms with van der Waals surface area (Å²) < 4.78 is 0. The molecule has 1 aliphatic heterocycles. The molecule has 2 aliphatic rings. The molecule has 3 heteroatoms. The topological polar surface area (TPSA) is 12.0 Å². The van der Waals surface area contributed by atoms with E-state index >= 15 is 0 Å². The van der Waals surface area contributed by atoms with Gasteiger partial charge in [0.2, 0.25) is 0 Å². The van der Waals surface area contributed by atoms with Crippen molar-refractivity contribution in [2.75, 3.05) is 18.1 Å². The molecule has 0 bridgehead atoms. The first-order valence-electron chi connectivity index (χ1n) is 5.38. The molecule has 14 heavy (non-hydrogen) atoms. The van der Waals surface area contributed by atoms with Crippen LogP contribution in [0.15, 0.2) is 12.2 Å². The summed E-state index contributed by atoms with van der Waals surface area (Å²) in [6.07, 6.45) is 2.78. The van der Waals surface area contributed by atoms with Gasteiger partial charge in [0.05, 0.1) is 0 Å². The monoisotopic (exact) mass is 229 g/mol. The van der Waals surface area contributed by atoms with Crippen LogP contribution in [0, 0.1) is 0 Å². The smallest absolute Gasteiger partial charge is 0.0320 e. The van der Waals surface area contributed by atoms with Crippen molar-refractivity contribution in [3.63, 3.8) is 0 Å². The van der Waals surface area contributed by atoms with E-state index < -0.39 is 0 Å². The van der Waals surface area contributed by atoms with Gasteiger partial charge in [0.25, 0.3) is 0 Å². The summed E-state index contributed by atoms with van der Waals surface area (Å²) in [4.78, 5) is 0. The van der Waals surface area contributed by atoms with Crippen molar-refractivity contribution in [3.8, 4) is 0 Å². The molecule has 0 spiro atoms. The van der Waals surface area contributed by atoms with Crippen LogP contribution in [0.4, 0.5) is 0 Å². The fraction of sp³-hybridized carbons (Fsp3) is 0.818. The predicted octanol–water partition coefficient (Wildman–Crippen LogP) is 2.53. The lowest BCUT2D eigenvalue weighted by Crippen LogP contribution is -2.39. The summed E-state index contributed by atoms with van der Waals surface area (Å²) in [5.74, 6) is 2.70. The largest absolute Gasteiger partial charge is 0.309 e. The Kier molecular flexibility index (Phi) is 3.86. The molecule has 1 saturated heterocycles. The lowest BCUT2D eigenvalue weighted by molar-refractivity contribution is 0.558. The zero-order valence-electron chi connectivity index (χ0n) is 8.79. The van der Waals surface area contributed by atoms with E-state index in [0.29, 0.717) is 0 Å². The van der Waals surface area contributed by atoms with Crippen molar-refractivity contribution in [1.82, 2.24) is 5.32 Å². The molecule has 80 valence electrons. The first-order valence-corrected chi connectivity index (χ1v) is 7.48. The van der Waals surface area contributed by atoms with E-state index in [-0.39, 0.29) is 0 Å². The Balaban J connectivity index is 1.84. The maximum Gasteiger partial charge on any atom is 0.0320 e. The van der Waals surface area contributed by atoms with E-state index in [1.165, 1.54) is 29.9 Å². The van der Waals surface area contributed by atoms with Crippen LogP contribution in [0.3, 0.4) is 0 Å². The van der Waals surface area contributed by atoms with Crippen LogP contribution < -0.4 is 5.32 Å². The van der Waals surface area contributed by atoms with Crippen LogP contribution in [-0.2, 0) is 0 Å². The predicted molar refractivity (Wildman–Crippen MR) is 68.3 cm³/mol. The van der Waals surface area contributed by atoms with E-state index in [2.05, 4.69) is 42.3 Å². The van der Waals surface area contributed by atoms with Gasteiger partial charge in [0.1, 0.15) is 0 Å². The van der Waals surface area contributed by atoms with Crippen molar-refractivity contribution >= 4 is 23.5 Å². The van der Waals surface area contributed by atoms with Gasteiger partial charge < -0.3 is 5.32 Å². The zero-order valence-corrected chi connectivity index (χ0v) is 10.4. The van der Waals surface area contributed by atoms with E-state index in [1.807, 2.05) is 0 Å². The van der Waals surface area contributed by atoms with Gasteiger partial charge in [-0.2, -0.15) is 23.5 Å². The first kappa shape index (κ1) is 10.9. The summed E-state index contributed by atoms with van der Waals surface area (Å²) in [7, 11) is 0. The van der Waals surface area contributed by atoms with Gasteiger partial charge in [0, 0.05) is 34.6 Å². The minimum absolute atomic E-state index is 0.745. The van der Waals surface area contributed by atoms with Gasteiger partial charge in [-0.05, 0) is 19.8 Å². The second-order valence-electron chi connectivity index (χ2n) is 4.27. The van der Waals surface area contributed by atoms with Gasteiger partial charge in [-0.25, -0.2) is 0 Å². The molecule has 1 saturated carbocycles. The highest BCUT2D eigenvalue weighted by molar-refractivity contribution is 8.07. The third-order valence-electron chi connectivity index (χ3n) is 2.92. The Labute approximate surface area is 95.5 Å². The van der Waals surface area contributed by atoms with Gasteiger partial charge in [-0.1, -0.05) is 12.2 Å². The molecule has 3 unspecified atom stereocenters. The third-order valence-corrected chi connectivity index (χ3v) is 6.23. The molecule has 0 aromatic heterocycles. The van der Waals surface area contributed by atoms with Crippen LogP contribution in [0.5, 0.6) is 0 Å². The molecule has 3 atom stereocenters. The number of nitrogens with one attached hydrogen (secondary N) is 1. The third kappa shape index (κ3) is 2.50. The first-order chi connectivity index (χ1) is 6.77. The average molecular weight is 229 g/mol. The molecule has 2 fully saturated rings. The SMILES string of the molecule is C=C(C)CNC1CCC2SCCSC12. The van der Waals surface area contributed by atoms with Crippen molar-refractivity contribution < 1.29 is 0 Å².